The maximum absolute atomic E-state index is 6.07. The molecule has 1 aromatic rings. The van der Waals surface area contributed by atoms with Crippen molar-refractivity contribution in [2.75, 3.05) is 44.4 Å². The summed E-state index contributed by atoms with van der Waals surface area (Å²) in [5.41, 5.74) is 7.67. The highest BCUT2D eigenvalue weighted by Crippen LogP contribution is 2.33. The van der Waals surface area contributed by atoms with Gasteiger partial charge in [-0.1, -0.05) is 30.1 Å². The van der Waals surface area contributed by atoms with Gasteiger partial charge in [0.05, 0.1) is 21.4 Å². The predicted octanol–water partition coefficient (Wildman–Crippen LogP) is 3.35. The van der Waals surface area contributed by atoms with E-state index in [9.17, 15) is 0 Å². The second kappa shape index (κ2) is 7.07. The van der Waals surface area contributed by atoms with Gasteiger partial charge in [-0.15, -0.1) is 0 Å². The zero-order valence-electron chi connectivity index (χ0n) is 11.2. The van der Waals surface area contributed by atoms with Crippen molar-refractivity contribution in [1.29, 1.82) is 0 Å². The van der Waals surface area contributed by atoms with Crippen LogP contribution in [0.1, 0.15) is 13.3 Å². The number of likely N-dealkylation sites (N-methyl/N-ethyl adjacent to an activating group) is 1. The molecule has 5 heteroatoms. The highest BCUT2D eigenvalue weighted by Gasteiger charge is 2.12. The summed E-state index contributed by atoms with van der Waals surface area (Å²) in [5, 5.41) is 1.05. The molecule has 0 saturated carbocycles. The number of nitrogens with two attached hydrogens (primary N) is 1. The summed E-state index contributed by atoms with van der Waals surface area (Å²) in [4.78, 5) is 4.40. The van der Waals surface area contributed by atoms with E-state index in [-0.39, 0.29) is 0 Å². The summed E-state index contributed by atoms with van der Waals surface area (Å²) in [6, 6.07) is 3.57. The average molecular weight is 290 g/mol. The Morgan fingerprint density at radius 2 is 1.67 bits per heavy atom. The molecule has 0 bridgehead atoms. The lowest BCUT2D eigenvalue weighted by molar-refractivity contribution is 0.413. The fraction of sp³-hybridized carbons (Fsp3) is 0.538. The Morgan fingerprint density at radius 1 is 1.06 bits per heavy atom. The van der Waals surface area contributed by atoms with Gasteiger partial charge in [-0.05, 0) is 32.6 Å². The third-order valence-corrected chi connectivity index (χ3v) is 3.44. The number of halogens is 2. The quantitative estimate of drug-likeness (QED) is 0.815. The molecule has 0 radical (unpaired) electrons. The van der Waals surface area contributed by atoms with Crippen LogP contribution in [0.5, 0.6) is 0 Å². The highest BCUT2D eigenvalue weighted by molar-refractivity contribution is 6.42. The van der Waals surface area contributed by atoms with Gasteiger partial charge in [-0.25, -0.2) is 0 Å². The van der Waals surface area contributed by atoms with E-state index in [4.69, 9.17) is 28.9 Å². The number of hydrogen-bond donors (Lipinski definition) is 1. The molecule has 0 aliphatic heterocycles. The van der Waals surface area contributed by atoms with Gasteiger partial charge in [0.1, 0.15) is 0 Å². The third-order valence-electron chi connectivity index (χ3n) is 2.72. The smallest absolute Gasteiger partial charge is 0.0616 e. The van der Waals surface area contributed by atoms with E-state index in [0.29, 0.717) is 15.7 Å². The summed E-state index contributed by atoms with van der Waals surface area (Å²) in [7, 11) is 4.12. The molecule has 0 spiro atoms. The largest absolute Gasteiger partial charge is 0.397 e. The molecule has 0 saturated heterocycles. The number of hydrogen-bond acceptors (Lipinski definition) is 3. The monoisotopic (exact) mass is 289 g/mol. The molecule has 0 aliphatic carbocycles. The van der Waals surface area contributed by atoms with Crippen LogP contribution in [0.4, 0.5) is 11.4 Å². The van der Waals surface area contributed by atoms with Crippen LogP contribution in [0.2, 0.25) is 10.0 Å². The van der Waals surface area contributed by atoms with Crippen molar-refractivity contribution in [1.82, 2.24) is 4.90 Å². The molecule has 0 aromatic heterocycles. The van der Waals surface area contributed by atoms with Gasteiger partial charge in [-0.3, -0.25) is 0 Å². The molecule has 3 nitrogen and oxygen atoms in total. The minimum absolute atomic E-state index is 0.502. The molecule has 0 amide bonds. The first-order chi connectivity index (χ1) is 8.45. The van der Waals surface area contributed by atoms with Crippen molar-refractivity contribution in [3.63, 3.8) is 0 Å². The summed E-state index contributed by atoms with van der Waals surface area (Å²) < 4.78 is 0. The molecular weight excluding hydrogens is 269 g/mol. The number of nitrogens with zero attached hydrogens (tertiary/aromatic N) is 2. The average Bonchev–Trinajstić information content (AvgIpc) is 2.29. The number of nitrogen functional groups attached to an aromatic ring is 1. The molecule has 0 aliphatic rings. The Morgan fingerprint density at radius 3 is 2.22 bits per heavy atom. The summed E-state index contributed by atoms with van der Waals surface area (Å²) in [6.07, 6.45) is 1.06. The first kappa shape index (κ1) is 15.4. The fourth-order valence-corrected chi connectivity index (χ4v) is 2.10. The van der Waals surface area contributed by atoms with Crippen LogP contribution < -0.4 is 10.6 Å². The van der Waals surface area contributed by atoms with Crippen molar-refractivity contribution >= 4 is 34.6 Å². The van der Waals surface area contributed by atoms with Crippen LogP contribution >= 0.6 is 23.2 Å². The van der Waals surface area contributed by atoms with Gasteiger partial charge in [0, 0.05) is 19.6 Å². The van der Waals surface area contributed by atoms with E-state index >= 15 is 0 Å². The molecule has 18 heavy (non-hydrogen) atoms. The van der Waals surface area contributed by atoms with E-state index in [1.54, 1.807) is 6.07 Å². The van der Waals surface area contributed by atoms with Crippen LogP contribution in [-0.4, -0.2) is 38.6 Å². The van der Waals surface area contributed by atoms with E-state index in [2.05, 4.69) is 30.8 Å². The minimum atomic E-state index is 0.502. The lowest BCUT2D eigenvalue weighted by atomic mass is 10.2. The molecule has 1 rings (SSSR count). The van der Waals surface area contributed by atoms with Crippen molar-refractivity contribution < 1.29 is 0 Å². The zero-order chi connectivity index (χ0) is 13.7. The normalized spacial score (nSPS) is 11.0. The van der Waals surface area contributed by atoms with E-state index in [1.807, 2.05) is 6.07 Å². The van der Waals surface area contributed by atoms with E-state index in [0.717, 1.165) is 31.7 Å². The first-order valence-corrected chi connectivity index (χ1v) is 6.85. The molecule has 102 valence electrons. The predicted molar refractivity (Wildman–Crippen MR) is 81.9 cm³/mol. The second-order valence-electron chi connectivity index (χ2n) is 4.62. The lowest BCUT2D eigenvalue weighted by Gasteiger charge is -2.27. The summed E-state index contributed by atoms with van der Waals surface area (Å²) in [6.45, 7) is 5.00. The molecule has 0 atom stereocenters. The minimum Gasteiger partial charge on any atom is -0.397 e. The van der Waals surface area contributed by atoms with Crippen LogP contribution in [0, 0.1) is 0 Å². The van der Waals surface area contributed by atoms with Gasteiger partial charge in [0.2, 0.25) is 0 Å². The van der Waals surface area contributed by atoms with Crippen LogP contribution in [0.3, 0.4) is 0 Å². The Labute approximate surface area is 119 Å². The topological polar surface area (TPSA) is 32.5 Å². The molecule has 0 unspecified atom stereocenters. The Balaban J connectivity index is 2.94. The zero-order valence-corrected chi connectivity index (χ0v) is 12.7. The van der Waals surface area contributed by atoms with Crippen LogP contribution in [0.25, 0.3) is 0 Å². The van der Waals surface area contributed by atoms with Crippen LogP contribution in [0.15, 0.2) is 12.1 Å². The first-order valence-electron chi connectivity index (χ1n) is 6.10. The molecule has 2 N–H and O–H groups in total. The van der Waals surface area contributed by atoms with Gasteiger partial charge >= 0.3 is 0 Å². The summed E-state index contributed by atoms with van der Waals surface area (Å²) in [5.74, 6) is 0. The number of rotatable bonds is 6. The number of benzene rings is 1. The number of anilines is 2. The highest BCUT2D eigenvalue weighted by atomic mass is 35.5. The van der Waals surface area contributed by atoms with E-state index < -0.39 is 0 Å². The van der Waals surface area contributed by atoms with Gasteiger partial charge in [-0.2, -0.15) is 0 Å². The SMILES string of the molecule is CCCN(CCN(C)C)c1cc(Cl)c(Cl)cc1N. The molecule has 0 fully saturated rings. The van der Waals surface area contributed by atoms with Gasteiger partial charge < -0.3 is 15.5 Å². The third kappa shape index (κ3) is 4.23. The van der Waals surface area contributed by atoms with Crippen molar-refractivity contribution in [3.05, 3.63) is 22.2 Å². The Bertz CT molecular complexity index is 394. The maximum atomic E-state index is 6.07. The van der Waals surface area contributed by atoms with Gasteiger partial charge in [0.25, 0.3) is 0 Å². The Hall–Kier alpha value is -0.640. The molecular formula is C13H21Cl2N3. The van der Waals surface area contributed by atoms with Crippen molar-refractivity contribution in [2.24, 2.45) is 0 Å². The van der Waals surface area contributed by atoms with E-state index in [1.165, 1.54) is 0 Å². The standard InChI is InChI=1S/C13H21Cl2N3/c1-4-5-18(7-6-17(2)3)13-9-11(15)10(14)8-12(13)16/h8-9H,4-7,16H2,1-3H3. The van der Waals surface area contributed by atoms with Crippen molar-refractivity contribution in [2.45, 2.75) is 13.3 Å². The fourth-order valence-electron chi connectivity index (χ4n) is 1.77. The van der Waals surface area contributed by atoms with Crippen LogP contribution in [-0.2, 0) is 0 Å². The van der Waals surface area contributed by atoms with Crippen molar-refractivity contribution in [3.8, 4) is 0 Å². The Kier molecular flexibility index (Phi) is 6.06. The molecule has 1 aromatic carbocycles. The summed E-state index contributed by atoms with van der Waals surface area (Å²) >= 11 is 12.0. The lowest BCUT2D eigenvalue weighted by Crippen LogP contribution is -2.32. The maximum Gasteiger partial charge on any atom is 0.0616 e. The van der Waals surface area contributed by atoms with Gasteiger partial charge in [0.15, 0.2) is 0 Å². The second-order valence-corrected chi connectivity index (χ2v) is 5.43. The molecule has 0 heterocycles.